The summed E-state index contributed by atoms with van der Waals surface area (Å²) in [5.41, 5.74) is 0.181. The van der Waals surface area contributed by atoms with Gasteiger partial charge in [-0.3, -0.25) is 4.79 Å². The summed E-state index contributed by atoms with van der Waals surface area (Å²) in [5.74, 6) is -2.10. The van der Waals surface area contributed by atoms with Gasteiger partial charge < -0.3 is 5.32 Å². The molecule has 2 nitrogen and oxygen atoms in total. The van der Waals surface area contributed by atoms with Crippen molar-refractivity contribution in [1.82, 2.24) is 5.32 Å². The minimum Gasteiger partial charge on any atom is -0.326 e. The van der Waals surface area contributed by atoms with Gasteiger partial charge in [0.2, 0.25) is 0 Å². The smallest absolute Gasteiger partial charge is 0.258 e. The van der Waals surface area contributed by atoms with Gasteiger partial charge >= 0.3 is 0 Å². The van der Waals surface area contributed by atoms with Gasteiger partial charge in [0.05, 0.1) is 5.56 Å². The maximum absolute atomic E-state index is 13.2. The van der Waals surface area contributed by atoms with Crippen molar-refractivity contribution in [3.63, 3.8) is 0 Å². The fraction of sp³-hybridized carbons (Fsp3) is 0.0833. The van der Waals surface area contributed by atoms with Crippen LogP contribution in [0, 0.1) is 11.6 Å². The molecule has 0 bridgehead atoms. The number of benzene rings is 1. The van der Waals surface area contributed by atoms with E-state index in [2.05, 4.69) is 11.9 Å². The van der Waals surface area contributed by atoms with E-state index in [4.69, 9.17) is 0 Å². The standard InChI is InChI=1S/C12H11F2NO/c1-3-4-8(2)15-12(16)10-7-9(13)5-6-11(10)14/h3-7H,1H2,2H3,(H,15,16)/b8-4+. The topological polar surface area (TPSA) is 29.1 Å². The van der Waals surface area contributed by atoms with Crippen molar-refractivity contribution in [3.8, 4) is 0 Å². The van der Waals surface area contributed by atoms with E-state index in [1.165, 1.54) is 6.08 Å². The summed E-state index contributed by atoms with van der Waals surface area (Å²) < 4.78 is 26.0. The summed E-state index contributed by atoms with van der Waals surface area (Å²) >= 11 is 0. The highest BCUT2D eigenvalue weighted by Crippen LogP contribution is 2.09. The van der Waals surface area contributed by atoms with Crippen LogP contribution in [-0.4, -0.2) is 5.91 Å². The molecule has 1 aromatic rings. The second kappa shape index (κ2) is 5.21. The fourth-order valence-corrected chi connectivity index (χ4v) is 1.14. The summed E-state index contributed by atoms with van der Waals surface area (Å²) in [7, 11) is 0. The quantitative estimate of drug-likeness (QED) is 0.784. The van der Waals surface area contributed by atoms with Gasteiger partial charge in [-0.05, 0) is 31.2 Å². The lowest BCUT2D eigenvalue weighted by molar-refractivity contribution is 0.0961. The van der Waals surface area contributed by atoms with Crippen LogP contribution in [0.1, 0.15) is 17.3 Å². The Morgan fingerprint density at radius 1 is 1.44 bits per heavy atom. The van der Waals surface area contributed by atoms with Crippen molar-refractivity contribution >= 4 is 5.91 Å². The largest absolute Gasteiger partial charge is 0.326 e. The van der Waals surface area contributed by atoms with Crippen molar-refractivity contribution in [3.05, 3.63) is 59.8 Å². The van der Waals surface area contributed by atoms with Gasteiger partial charge in [0, 0.05) is 5.70 Å². The van der Waals surface area contributed by atoms with Crippen LogP contribution in [0.3, 0.4) is 0 Å². The minimum absolute atomic E-state index is 0.322. The number of hydrogen-bond acceptors (Lipinski definition) is 1. The molecular formula is C12H11F2NO. The number of amides is 1. The Balaban J connectivity index is 2.92. The van der Waals surface area contributed by atoms with Crippen LogP contribution < -0.4 is 5.32 Å². The number of carbonyl (C=O) groups is 1. The molecule has 84 valence electrons. The summed E-state index contributed by atoms with van der Waals surface area (Å²) in [4.78, 5) is 11.5. The SMILES string of the molecule is C=C/C=C(\C)NC(=O)c1cc(F)ccc1F. The number of hydrogen-bond donors (Lipinski definition) is 1. The summed E-state index contributed by atoms with van der Waals surface area (Å²) in [6.07, 6.45) is 3.03. The highest BCUT2D eigenvalue weighted by Gasteiger charge is 2.12. The van der Waals surface area contributed by atoms with Gasteiger partial charge in [-0.2, -0.15) is 0 Å². The van der Waals surface area contributed by atoms with Crippen molar-refractivity contribution in [2.45, 2.75) is 6.92 Å². The molecule has 1 amide bonds. The number of rotatable bonds is 3. The van der Waals surface area contributed by atoms with Gasteiger partial charge in [-0.1, -0.05) is 12.7 Å². The molecule has 1 rings (SSSR count). The molecule has 0 saturated carbocycles. The summed E-state index contributed by atoms with van der Waals surface area (Å²) in [6.45, 7) is 5.07. The molecule has 1 aromatic carbocycles. The lowest BCUT2D eigenvalue weighted by Gasteiger charge is -2.05. The molecule has 0 aliphatic rings. The Bertz CT molecular complexity index is 452. The van der Waals surface area contributed by atoms with Crippen molar-refractivity contribution in [2.24, 2.45) is 0 Å². The first-order valence-corrected chi connectivity index (χ1v) is 4.60. The predicted octanol–water partition coefficient (Wildman–Crippen LogP) is 2.78. The lowest BCUT2D eigenvalue weighted by Crippen LogP contribution is -2.22. The van der Waals surface area contributed by atoms with E-state index in [0.29, 0.717) is 5.70 Å². The zero-order valence-corrected chi connectivity index (χ0v) is 8.76. The third-order valence-electron chi connectivity index (χ3n) is 1.85. The number of carbonyl (C=O) groups excluding carboxylic acids is 1. The van der Waals surface area contributed by atoms with E-state index in [0.717, 1.165) is 18.2 Å². The number of allylic oxidation sites excluding steroid dienone is 3. The van der Waals surface area contributed by atoms with Crippen LogP contribution in [0.2, 0.25) is 0 Å². The maximum Gasteiger partial charge on any atom is 0.258 e. The fourth-order valence-electron chi connectivity index (χ4n) is 1.14. The molecule has 0 saturated heterocycles. The molecule has 0 unspecified atom stereocenters. The molecule has 0 aliphatic carbocycles. The number of halogens is 2. The first-order chi connectivity index (χ1) is 7.54. The van der Waals surface area contributed by atoms with Gasteiger partial charge in [-0.15, -0.1) is 0 Å². The average molecular weight is 223 g/mol. The Labute approximate surface area is 92.3 Å². The van der Waals surface area contributed by atoms with E-state index in [-0.39, 0.29) is 5.56 Å². The van der Waals surface area contributed by atoms with Gasteiger partial charge in [0.25, 0.3) is 5.91 Å². The molecule has 4 heteroatoms. The molecule has 0 fully saturated rings. The Hall–Kier alpha value is -1.97. The Kier molecular flexibility index (Phi) is 3.94. The van der Waals surface area contributed by atoms with Crippen LogP contribution in [0.25, 0.3) is 0 Å². The van der Waals surface area contributed by atoms with Crippen molar-refractivity contribution < 1.29 is 13.6 Å². The molecule has 0 atom stereocenters. The highest BCUT2D eigenvalue weighted by molar-refractivity contribution is 5.95. The second-order valence-electron chi connectivity index (χ2n) is 3.16. The van der Waals surface area contributed by atoms with E-state index in [1.54, 1.807) is 13.0 Å². The molecule has 0 aromatic heterocycles. The first kappa shape index (κ1) is 12.1. The van der Waals surface area contributed by atoms with Crippen molar-refractivity contribution in [2.75, 3.05) is 0 Å². The zero-order valence-electron chi connectivity index (χ0n) is 8.76. The van der Waals surface area contributed by atoms with Crippen LogP contribution in [0.5, 0.6) is 0 Å². The third-order valence-corrected chi connectivity index (χ3v) is 1.85. The first-order valence-electron chi connectivity index (χ1n) is 4.60. The van der Waals surface area contributed by atoms with E-state index in [9.17, 15) is 13.6 Å². The molecule has 1 N–H and O–H groups in total. The molecule has 0 aliphatic heterocycles. The van der Waals surface area contributed by atoms with Crippen LogP contribution >= 0.6 is 0 Å². The molecule has 0 heterocycles. The molecule has 0 radical (unpaired) electrons. The molecular weight excluding hydrogens is 212 g/mol. The monoisotopic (exact) mass is 223 g/mol. The van der Waals surface area contributed by atoms with Crippen LogP contribution in [-0.2, 0) is 0 Å². The van der Waals surface area contributed by atoms with Crippen LogP contribution in [0.15, 0.2) is 42.6 Å². The molecule has 16 heavy (non-hydrogen) atoms. The van der Waals surface area contributed by atoms with Gasteiger partial charge in [0.15, 0.2) is 0 Å². The Morgan fingerprint density at radius 3 is 2.75 bits per heavy atom. The normalized spacial score (nSPS) is 11.1. The second-order valence-corrected chi connectivity index (χ2v) is 3.16. The lowest BCUT2D eigenvalue weighted by atomic mass is 10.2. The van der Waals surface area contributed by atoms with E-state index >= 15 is 0 Å². The number of nitrogens with one attached hydrogen (secondary N) is 1. The van der Waals surface area contributed by atoms with E-state index in [1.807, 2.05) is 0 Å². The third kappa shape index (κ3) is 3.02. The van der Waals surface area contributed by atoms with E-state index < -0.39 is 17.5 Å². The predicted molar refractivity (Wildman–Crippen MR) is 57.8 cm³/mol. The van der Waals surface area contributed by atoms with Crippen LogP contribution in [0.4, 0.5) is 8.78 Å². The molecule has 0 spiro atoms. The Morgan fingerprint density at radius 2 is 2.12 bits per heavy atom. The summed E-state index contributed by atoms with van der Waals surface area (Å²) in [5, 5.41) is 2.41. The zero-order chi connectivity index (χ0) is 12.1. The minimum atomic E-state index is -0.759. The highest BCUT2D eigenvalue weighted by atomic mass is 19.1. The van der Waals surface area contributed by atoms with Crippen molar-refractivity contribution in [1.29, 1.82) is 0 Å². The average Bonchev–Trinajstić information content (AvgIpc) is 2.21. The summed E-state index contributed by atoms with van der Waals surface area (Å²) in [6, 6.07) is 2.72. The van der Waals surface area contributed by atoms with Gasteiger partial charge in [-0.25, -0.2) is 8.78 Å². The maximum atomic E-state index is 13.2. The van der Waals surface area contributed by atoms with Gasteiger partial charge in [0.1, 0.15) is 11.6 Å².